The number of methoxy groups -OCH3 is 1. The number of fused-ring (bicyclic) bond motifs is 1. The van der Waals surface area contributed by atoms with E-state index in [0.29, 0.717) is 5.75 Å². The molecule has 1 aromatic carbocycles. The van der Waals surface area contributed by atoms with Gasteiger partial charge in [0.15, 0.2) is 6.79 Å². The molecule has 4 heterocycles. The maximum absolute atomic E-state index is 5.89. The molecule has 1 unspecified atom stereocenters. The summed E-state index contributed by atoms with van der Waals surface area (Å²) >= 11 is 2.24. The summed E-state index contributed by atoms with van der Waals surface area (Å²) in [5.41, 5.74) is 5.38. The number of aromatic nitrogens is 5. The second-order valence-electron chi connectivity index (χ2n) is 7.42. The molecule has 1 fully saturated rings. The first-order chi connectivity index (χ1) is 15.2. The summed E-state index contributed by atoms with van der Waals surface area (Å²) < 4.78 is 19.8. The molecule has 160 valence electrons. The van der Waals surface area contributed by atoms with E-state index in [9.17, 15) is 0 Å². The number of nitrogens with one attached hydrogen (secondary N) is 1. The van der Waals surface area contributed by atoms with Crippen molar-refractivity contribution < 1.29 is 14.2 Å². The van der Waals surface area contributed by atoms with Crippen LogP contribution in [0.1, 0.15) is 25.5 Å². The summed E-state index contributed by atoms with van der Waals surface area (Å²) in [5.74, 6) is 0.677. The summed E-state index contributed by atoms with van der Waals surface area (Å²) in [6.07, 6.45) is 9.08. The molecule has 1 aliphatic heterocycles. The van der Waals surface area contributed by atoms with Gasteiger partial charge in [0.05, 0.1) is 21.0 Å². The molecule has 31 heavy (non-hydrogen) atoms. The topological polar surface area (TPSA) is 87.1 Å². The number of hydrogen-bond acceptors (Lipinski definition) is 6. The van der Waals surface area contributed by atoms with Gasteiger partial charge in [0.2, 0.25) is 0 Å². The minimum absolute atomic E-state index is 0.0107. The number of aromatic amines is 1. The van der Waals surface area contributed by atoms with Crippen LogP contribution < -0.4 is 4.74 Å². The molecule has 0 amide bonds. The maximum Gasteiger partial charge on any atom is 0.188 e. The summed E-state index contributed by atoms with van der Waals surface area (Å²) in [6, 6.07) is 8.01. The van der Waals surface area contributed by atoms with Gasteiger partial charge in [0.25, 0.3) is 0 Å². The molecular weight excluding hydrogens is 509 g/mol. The zero-order chi connectivity index (χ0) is 21.2. The van der Waals surface area contributed by atoms with Crippen molar-refractivity contribution in [1.82, 2.24) is 25.0 Å². The Bertz CT molecular complexity index is 1200. The largest absolute Gasteiger partial charge is 0.467 e. The molecule has 0 aliphatic carbocycles. The fourth-order valence-electron chi connectivity index (χ4n) is 3.75. The lowest BCUT2D eigenvalue weighted by Crippen LogP contribution is -2.18. The smallest absolute Gasteiger partial charge is 0.188 e. The van der Waals surface area contributed by atoms with Gasteiger partial charge in [-0.1, -0.05) is 6.07 Å². The number of hydrogen-bond donors (Lipinski definition) is 1. The molecule has 4 aromatic rings. The normalized spacial score (nSPS) is 16.6. The standard InChI is InChI=1S/C22H22IN5O3/c1-29-13-31-20-8-14(15-10-25-28(12-15)21-4-2-3-7-30-21)5-6-16(20)18-9-19-22(27-26-18)17(23)11-24-19/h5-6,8-12,21,24H,2-4,7,13H2,1H3. The van der Waals surface area contributed by atoms with E-state index in [1.807, 2.05) is 47.5 Å². The van der Waals surface area contributed by atoms with Crippen LogP contribution in [0.5, 0.6) is 5.75 Å². The fourth-order valence-corrected chi connectivity index (χ4v) is 4.31. The quantitative estimate of drug-likeness (QED) is 0.285. The van der Waals surface area contributed by atoms with Crippen LogP contribution in [0.3, 0.4) is 0 Å². The zero-order valence-corrected chi connectivity index (χ0v) is 19.2. The van der Waals surface area contributed by atoms with Gasteiger partial charge in [-0.3, -0.25) is 0 Å². The Morgan fingerprint density at radius 3 is 3.00 bits per heavy atom. The van der Waals surface area contributed by atoms with Crippen molar-refractivity contribution in [3.63, 3.8) is 0 Å². The van der Waals surface area contributed by atoms with Crippen LogP contribution in [0, 0.1) is 3.57 Å². The van der Waals surface area contributed by atoms with E-state index in [4.69, 9.17) is 14.2 Å². The average molecular weight is 531 g/mol. The summed E-state index contributed by atoms with van der Waals surface area (Å²) in [4.78, 5) is 3.23. The van der Waals surface area contributed by atoms with Gasteiger partial charge in [-0.2, -0.15) is 5.10 Å². The Morgan fingerprint density at radius 2 is 2.16 bits per heavy atom. The van der Waals surface area contributed by atoms with Crippen molar-refractivity contribution in [2.75, 3.05) is 20.5 Å². The first kappa shape index (κ1) is 20.4. The Kier molecular flexibility index (Phi) is 5.88. The molecule has 1 aliphatic rings. The minimum atomic E-state index is 0.0107. The SMILES string of the molecule is COCOc1cc(-c2cnn(C3CCCCO3)c2)ccc1-c1cc2[nH]cc(I)c2nn1. The van der Waals surface area contributed by atoms with Crippen molar-refractivity contribution in [3.8, 4) is 28.1 Å². The monoisotopic (exact) mass is 531 g/mol. The first-order valence-electron chi connectivity index (χ1n) is 10.2. The van der Waals surface area contributed by atoms with Crippen LogP contribution in [0.2, 0.25) is 0 Å². The third-order valence-corrected chi connectivity index (χ3v) is 6.17. The molecule has 9 heteroatoms. The van der Waals surface area contributed by atoms with Crippen LogP contribution >= 0.6 is 22.6 Å². The molecule has 5 rings (SSSR count). The Hall–Kier alpha value is -2.50. The van der Waals surface area contributed by atoms with Gasteiger partial charge in [-0.25, -0.2) is 4.68 Å². The number of benzene rings is 1. The fraction of sp³-hybridized carbons (Fsp3) is 0.318. The number of ether oxygens (including phenoxy) is 3. The second-order valence-corrected chi connectivity index (χ2v) is 8.58. The van der Waals surface area contributed by atoms with E-state index < -0.39 is 0 Å². The molecule has 0 saturated carbocycles. The number of H-pyrrole nitrogens is 1. The van der Waals surface area contributed by atoms with Crippen LogP contribution in [0.15, 0.2) is 42.9 Å². The minimum Gasteiger partial charge on any atom is -0.467 e. The van der Waals surface area contributed by atoms with Crippen molar-refractivity contribution >= 4 is 33.6 Å². The van der Waals surface area contributed by atoms with Crippen LogP contribution in [0.4, 0.5) is 0 Å². The van der Waals surface area contributed by atoms with Gasteiger partial charge >= 0.3 is 0 Å². The van der Waals surface area contributed by atoms with Gasteiger partial charge < -0.3 is 19.2 Å². The molecule has 1 saturated heterocycles. The first-order valence-corrected chi connectivity index (χ1v) is 11.2. The van der Waals surface area contributed by atoms with Crippen molar-refractivity contribution in [1.29, 1.82) is 0 Å². The lowest BCUT2D eigenvalue weighted by atomic mass is 10.0. The highest BCUT2D eigenvalue weighted by Crippen LogP contribution is 2.35. The molecule has 1 atom stereocenters. The molecule has 0 bridgehead atoms. The van der Waals surface area contributed by atoms with Crippen LogP contribution in [0.25, 0.3) is 33.4 Å². The van der Waals surface area contributed by atoms with Gasteiger partial charge in [0.1, 0.15) is 17.5 Å². The molecular formula is C22H22IN5O3. The molecule has 0 spiro atoms. The van der Waals surface area contributed by atoms with E-state index >= 15 is 0 Å². The molecule has 3 aromatic heterocycles. The van der Waals surface area contributed by atoms with E-state index in [1.54, 1.807) is 7.11 Å². The summed E-state index contributed by atoms with van der Waals surface area (Å²) in [6.45, 7) is 0.927. The summed E-state index contributed by atoms with van der Waals surface area (Å²) in [5, 5.41) is 13.3. The van der Waals surface area contributed by atoms with Crippen molar-refractivity contribution in [3.05, 3.63) is 46.4 Å². The van der Waals surface area contributed by atoms with Crippen LogP contribution in [-0.4, -0.2) is 45.5 Å². The van der Waals surface area contributed by atoms with E-state index in [2.05, 4.69) is 42.9 Å². The van der Waals surface area contributed by atoms with Gasteiger partial charge in [0, 0.05) is 37.2 Å². The number of halogens is 1. The maximum atomic E-state index is 5.89. The van der Waals surface area contributed by atoms with Crippen LogP contribution in [-0.2, 0) is 9.47 Å². The Morgan fingerprint density at radius 1 is 1.23 bits per heavy atom. The van der Waals surface area contributed by atoms with E-state index in [1.165, 1.54) is 0 Å². The highest BCUT2D eigenvalue weighted by Gasteiger charge is 2.18. The summed E-state index contributed by atoms with van der Waals surface area (Å²) in [7, 11) is 1.60. The molecule has 8 nitrogen and oxygen atoms in total. The number of nitrogens with zero attached hydrogens (tertiary/aromatic N) is 4. The van der Waals surface area contributed by atoms with Crippen molar-refractivity contribution in [2.45, 2.75) is 25.5 Å². The van der Waals surface area contributed by atoms with Gasteiger partial charge in [-0.05, 0) is 65.6 Å². The van der Waals surface area contributed by atoms with E-state index in [0.717, 1.165) is 62.9 Å². The predicted molar refractivity (Wildman–Crippen MR) is 125 cm³/mol. The predicted octanol–water partition coefficient (Wildman–Crippen LogP) is 4.77. The Balaban J connectivity index is 1.49. The zero-order valence-electron chi connectivity index (χ0n) is 17.0. The number of rotatable bonds is 6. The third-order valence-electron chi connectivity index (χ3n) is 5.35. The van der Waals surface area contributed by atoms with Crippen molar-refractivity contribution in [2.24, 2.45) is 0 Å². The second kappa shape index (κ2) is 8.93. The van der Waals surface area contributed by atoms with E-state index in [-0.39, 0.29) is 13.0 Å². The highest BCUT2D eigenvalue weighted by molar-refractivity contribution is 14.1. The third kappa shape index (κ3) is 4.17. The molecule has 1 N–H and O–H groups in total. The molecule has 0 radical (unpaired) electrons. The lowest BCUT2D eigenvalue weighted by molar-refractivity contribution is -0.0394. The average Bonchev–Trinajstić information content (AvgIpc) is 3.45. The Labute approximate surface area is 193 Å². The highest BCUT2D eigenvalue weighted by atomic mass is 127. The van der Waals surface area contributed by atoms with Gasteiger partial charge in [-0.15, -0.1) is 10.2 Å². The lowest BCUT2D eigenvalue weighted by Gasteiger charge is -2.22.